The Morgan fingerprint density at radius 1 is 0.647 bits per heavy atom. The molecule has 2 atom stereocenters. The van der Waals surface area contributed by atoms with Gasteiger partial charge in [0.05, 0.1) is 34.5 Å². The van der Waals surface area contributed by atoms with Crippen LogP contribution in [0.25, 0.3) is 27.6 Å². The summed E-state index contributed by atoms with van der Waals surface area (Å²) < 4.78 is 33.2. The summed E-state index contributed by atoms with van der Waals surface area (Å²) in [6.07, 6.45) is 1.85. The second kappa shape index (κ2) is 10.6. The molecular formula is C44H49N4O2S+. The van der Waals surface area contributed by atoms with Crippen LogP contribution in [-0.2, 0) is 26.1 Å². The summed E-state index contributed by atoms with van der Waals surface area (Å²) in [6, 6.07) is 30.9. The van der Waals surface area contributed by atoms with Crippen LogP contribution in [0.1, 0.15) is 79.0 Å². The number of para-hydroxylation sites is 1. The van der Waals surface area contributed by atoms with Gasteiger partial charge in [-0.15, -0.1) is 0 Å². The molecule has 2 bridgehead atoms. The first-order chi connectivity index (χ1) is 23.7. The topological polar surface area (TPSA) is 52.0 Å². The fourth-order valence-corrected chi connectivity index (χ4v) is 9.43. The molecule has 0 amide bonds. The van der Waals surface area contributed by atoms with Gasteiger partial charge < -0.3 is 4.48 Å². The Bertz CT molecular complexity index is 2520. The molecule has 0 N–H and O–H groups in total. The van der Waals surface area contributed by atoms with Crippen LogP contribution in [0.2, 0.25) is 0 Å². The summed E-state index contributed by atoms with van der Waals surface area (Å²) in [5, 5.41) is 2.05. The Labute approximate surface area is 303 Å². The van der Waals surface area contributed by atoms with Gasteiger partial charge in [-0.05, 0) is 69.3 Å². The molecule has 1 saturated heterocycles. The Morgan fingerprint density at radius 2 is 1.29 bits per heavy atom. The van der Waals surface area contributed by atoms with E-state index >= 15 is 0 Å². The number of benzene rings is 4. The standard InChI is InChI=1S/C44H49N4O2S/c1-42(2,3)29-15-18-39-40(23-29)47(10)27-48(39,28-47)32-21-31(44(7,8)9)22-34(25-32)51(49,50)33-16-17-36-35-13-11-12-14-37(35)46(38(36)26-33)41-24-30(19-20-45-41)43(4,5)6/h11-27H,28H2,1-10H3/q+1/t47-,48+/m0/s1. The highest BCUT2D eigenvalue weighted by Crippen LogP contribution is 2.61. The van der Waals surface area contributed by atoms with Crippen molar-refractivity contribution in [2.24, 2.45) is 0 Å². The van der Waals surface area contributed by atoms with Gasteiger partial charge in [-0.1, -0.05) is 92.6 Å². The zero-order valence-corrected chi connectivity index (χ0v) is 32.4. The van der Waals surface area contributed by atoms with E-state index in [1.807, 2.05) is 42.6 Å². The number of hydrogen-bond donors (Lipinski definition) is 0. The molecule has 0 radical (unpaired) electrons. The second-order valence-corrected chi connectivity index (χ2v) is 19.9. The van der Waals surface area contributed by atoms with Crippen molar-refractivity contribution in [1.29, 1.82) is 0 Å². The van der Waals surface area contributed by atoms with Gasteiger partial charge in [0.2, 0.25) is 9.84 Å². The Morgan fingerprint density at radius 3 is 1.98 bits per heavy atom. The number of fused-ring (bicyclic) bond motifs is 3. The highest BCUT2D eigenvalue weighted by atomic mass is 32.2. The van der Waals surface area contributed by atoms with E-state index in [4.69, 9.17) is 4.98 Å². The van der Waals surface area contributed by atoms with Crippen molar-refractivity contribution < 1.29 is 8.42 Å². The highest BCUT2D eigenvalue weighted by molar-refractivity contribution is 7.91. The first-order valence-electron chi connectivity index (χ1n) is 17.9. The third-order valence-corrected chi connectivity index (χ3v) is 12.8. The van der Waals surface area contributed by atoms with Gasteiger partial charge in [0.1, 0.15) is 11.5 Å². The minimum absolute atomic E-state index is 0.0358. The predicted molar refractivity (Wildman–Crippen MR) is 211 cm³/mol. The SMILES string of the molecule is CC(C)(C)c1cc([N@@+]23[CH-][N@@+](C)(C2)c2cc(C(C)(C)C)ccc23)cc(S(=O)(=O)c2ccc3c4ccccc4n(-c4cc(C(C)(C)C)ccn4)c3c2)c1. The molecule has 1 fully saturated rings. The van der Waals surface area contributed by atoms with Gasteiger partial charge in [-0.3, -0.25) is 9.05 Å². The molecule has 0 spiro atoms. The van der Waals surface area contributed by atoms with Crippen LogP contribution in [0, 0.1) is 6.67 Å². The second-order valence-electron chi connectivity index (χ2n) is 18.0. The van der Waals surface area contributed by atoms with Gasteiger partial charge in [-0.25, -0.2) is 13.4 Å². The van der Waals surface area contributed by atoms with Crippen LogP contribution in [0.4, 0.5) is 17.1 Å². The monoisotopic (exact) mass is 697 g/mol. The zero-order chi connectivity index (χ0) is 36.5. The maximum absolute atomic E-state index is 14.9. The van der Waals surface area contributed by atoms with Crippen molar-refractivity contribution in [2.75, 3.05) is 13.7 Å². The molecule has 51 heavy (non-hydrogen) atoms. The van der Waals surface area contributed by atoms with E-state index in [0.717, 1.165) is 55.6 Å². The minimum atomic E-state index is -3.92. The first-order valence-corrected chi connectivity index (χ1v) is 19.4. The summed E-state index contributed by atoms with van der Waals surface area (Å²) in [7, 11) is -1.67. The van der Waals surface area contributed by atoms with Crippen LogP contribution in [0.3, 0.4) is 0 Å². The van der Waals surface area contributed by atoms with Gasteiger partial charge in [0.25, 0.3) is 0 Å². The van der Waals surface area contributed by atoms with E-state index in [-0.39, 0.29) is 21.1 Å². The molecule has 6 aromatic rings. The van der Waals surface area contributed by atoms with Crippen LogP contribution < -0.4 is 8.97 Å². The number of nitrogens with zero attached hydrogens (tertiary/aromatic N) is 4. The first kappa shape index (κ1) is 33.8. The maximum Gasteiger partial charge on any atom is 0.206 e. The molecule has 2 aromatic heterocycles. The van der Waals surface area contributed by atoms with Crippen LogP contribution in [0.5, 0.6) is 0 Å². The zero-order valence-electron chi connectivity index (χ0n) is 31.5. The normalized spacial score (nSPS) is 20.5. The summed E-state index contributed by atoms with van der Waals surface area (Å²) in [5.74, 6) is 0.771. The number of rotatable bonds is 4. The summed E-state index contributed by atoms with van der Waals surface area (Å²) in [4.78, 5) is 5.39. The van der Waals surface area contributed by atoms with Crippen LogP contribution >= 0.6 is 0 Å². The van der Waals surface area contributed by atoms with Crippen molar-refractivity contribution in [3.8, 4) is 5.82 Å². The van der Waals surface area contributed by atoms with E-state index in [1.54, 1.807) is 6.07 Å². The van der Waals surface area contributed by atoms with E-state index < -0.39 is 9.84 Å². The van der Waals surface area contributed by atoms with Gasteiger partial charge >= 0.3 is 0 Å². The van der Waals surface area contributed by atoms with Crippen molar-refractivity contribution in [2.45, 2.75) is 88.3 Å². The van der Waals surface area contributed by atoms with Crippen molar-refractivity contribution in [3.05, 3.63) is 121 Å². The minimum Gasteiger partial charge on any atom is -0.325 e. The molecule has 0 aliphatic carbocycles. The predicted octanol–water partition coefficient (Wildman–Crippen LogP) is 10.6. The molecule has 0 unspecified atom stereocenters. The lowest BCUT2D eigenvalue weighted by Gasteiger charge is -2.55. The van der Waals surface area contributed by atoms with E-state index in [0.29, 0.717) is 9.38 Å². The van der Waals surface area contributed by atoms with Crippen LogP contribution in [-0.4, -0.2) is 31.7 Å². The molecule has 0 saturated carbocycles. The van der Waals surface area contributed by atoms with Crippen molar-refractivity contribution >= 4 is 48.7 Å². The van der Waals surface area contributed by atoms with Crippen molar-refractivity contribution in [3.63, 3.8) is 0 Å². The number of pyridine rings is 1. The molecule has 3 aliphatic heterocycles. The molecule has 3 aliphatic rings. The Hall–Kier alpha value is -4.30. The lowest BCUT2D eigenvalue weighted by Crippen LogP contribution is -2.68. The lowest BCUT2D eigenvalue weighted by molar-refractivity contribution is 0.157. The quantitative estimate of drug-likeness (QED) is 0.136. The van der Waals surface area contributed by atoms with Gasteiger partial charge in [0, 0.05) is 41.2 Å². The van der Waals surface area contributed by atoms with Crippen molar-refractivity contribution in [1.82, 2.24) is 18.5 Å². The molecule has 7 heteroatoms. The Kier molecular flexibility index (Phi) is 7.05. The fraction of sp³-hybridized carbons (Fsp3) is 0.318. The van der Waals surface area contributed by atoms with Crippen LogP contribution in [0.15, 0.2) is 107 Å². The molecule has 5 heterocycles. The largest absolute Gasteiger partial charge is 0.325 e. The smallest absolute Gasteiger partial charge is 0.206 e. The van der Waals surface area contributed by atoms with Gasteiger partial charge in [-0.2, -0.15) is 0 Å². The number of aromatic nitrogens is 2. The number of sulfone groups is 1. The molecule has 4 aromatic carbocycles. The summed E-state index contributed by atoms with van der Waals surface area (Å²) in [5.41, 5.74) is 8.47. The average Bonchev–Trinajstić information content (AvgIpc) is 3.62. The van der Waals surface area contributed by atoms with Gasteiger partial charge in [0.15, 0.2) is 18.0 Å². The van der Waals surface area contributed by atoms with E-state index in [1.165, 1.54) is 16.9 Å². The molecule has 6 nitrogen and oxygen atoms in total. The summed E-state index contributed by atoms with van der Waals surface area (Å²) in [6.45, 7) is 22.9. The third-order valence-electron chi connectivity index (χ3n) is 11.1. The maximum atomic E-state index is 14.9. The lowest BCUT2D eigenvalue weighted by atomic mass is 9.86. The fourth-order valence-electron chi connectivity index (χ4n) is 8.09. The average molecular weight is 698 g/mol. The molecule has 9 rings (SSSR count). The molecular weight excluding hydrogens is 649 g/mol. The molecule has 262 valence electrons. The van der Waals surface area contributed by atoms with E-state index in [9.17, 15) is 8.42 Å². The van der Waals surface area contributed by atoms with E-state index in [2.05, 4.69) is 129 Å². The number of hydrogen-bond acceptors (Lipinski definition) is 3. The third kappa shape index (κ3) is 5.11. The highest BCUT2D eigenvalue weighted by Gasteiger charge is 2.60. The Balaban J connectivity index is 1.31. The number of quaternary nitrogens is 2. The summed E-state index contributed by atoms with van der Waals surface area (Å²) >= 11 is 0.